The van der Waals surface area contributed by atoms with Crippen molar-refractivity contribution in [1.82, 2.24) is 0 Å². The van der Waals surface area contributed by atoms with E-state index in [1.54, 1.807) is 0 Å². The molecule has 3 rings (SSSR count). The van der Waals surface area contributed by atoms with Crippen LogP contribution in [0, 0.1) is 17.8 Å². The van der Waals surface area contributed by atoms with Gasteiger partial charge in [0.2, 0.25) is 0 Å². The quantitative estimate of drug-likeness (QED) is 0.801. The van der Waals surface area contributed by atoms with E-state index < -0.39 is 0 Å². The molecule has 1 aliphatic heterocycles. The van der Waals surface area contributed by atoms with E-state index in [4.69, 9.17) is 9.47 Å². The molecule has 3 heteroatoms. The highest BCUT2D eigenvalue weighted by atomic mass is 16.7. The molecule has 3 aliphatic rings. The summed E-state index contributed by atoms with van der Waals surface area (Å²) in [5, 5.41) is 9.49. The van der Waals surface area contributed by atoms with Crippen molar-refractivity contribution >= 4 is 0 Å². The minimum atomic E-state index is -0.322. The predicted molar refractivity (Wildman–Crippen MR) is 64.5 cm³/mol. The minimum Gasteiger partial charge on any atom is -0.396 e. The Kier molecular flexibility index (Phi) is 3.42. The van der Waals surface area contributed by atoms with Gasteiger partial charge in [-0.3, -0.25) is 0 Å². The number of rotatable bonds is 5. The van der Waals surface area contributed by atoms with Crippen LogP contribution in [-0.2, 0) is 9.47 Å². The molecule has 17 heavy (non-hydrogen) atoms. The number of aliphatic hydroxyl groups is 1. The van der Waals surface area contributed by atoms with E-state index in [-0.39, 0.29) is 5.79 Å². The third-order valence-corrected chi connectivity index (χ3v) is 4.83. The Balaban J connectivity index is 1.58. The smallest absolute Gasteiger partial charge is 0.171 e. The van der Waals surface area contributed by atoms with Crippen LogP contribution in [0.5, 0.6) is 0 Å². The van der Waals surface area contributed by atoms with Crippen molar-refractivity contribution in [3.8, 4) is 0 Å². The van der Waals surface area contributed by atoms with E-state index in [9.17, 15) is 5.11 Å². The van der Waals surface area contributed by atoms with Gasteiger partial charge < -0.3 is 14.6 Å². The zero-order valence-corrected chi connectivity index (χ0v) is 10.6. The van der Waals surface area contributed by atoms with Crippen molar-refractivity contribution in [3.63, 3.8) is 0 Å². The van der Waals surface area contributed by atoms with Gasteiger partial charge in [-0.25, -0.2) is 0 Å². The topological polar surface area (TPSA) is 38.7 Å². The largest absolute Gasteiger partial charge is 0.396 e. The van der Waals surface area contributed by atoms with E-state index >= 15 is 0 Å². The molecule has 2 saturated carbocycles. The maximum atomic E-state index is 9.49. The molecule has 2 atom stereocenters. The van der Waals surface area contributed by atoms with Crippen molar-refractivity contribution in [2.45, 2.75) is 50.7 Å². The van der Waals surface area contributed by atoms with Crippen molar-refractivity contribution in [2.75, 3.05) is 19.8 Å². The third kappa shape index (κ3) is 2.38. The van der Waals surface area contributed by atoms with E-state index in [1.807, 2.05) is 0 Å². The van der Waals surface area contributed by atoms with Gasteiger partial charge in [-0.15, -0.1) is 0 Å². The Bertz CT molecular complexity index is 256. The van der Waals surface area contributed by atoms with Crippen LogP contribution in [0.1, 0.15) is 44.9 Å². The molecule has 1 spiro atoms. The Labute approximate surface area is 103 Å². The molecule has 1 heterocycles. The van der Waals surface area contributed by atoms with E-state index in [0.29, 0.717) is 18.4 Å². The highest BCUT2D eigenvalue weighted by Crippen LogP contribution is 2.48. The Morgan fingerprint density at radius 1 is 1.06 bits per heavy atom. The second-order valence-electron chi connectivity index (χ2n) is 5.97. The predicted octanol–water partition coefficient (Wildman–Crippen LogP) is 2.33. The SMILES string of the molecule is OCC1CCC2(OCCO2)C1CCCC1CC1. The molecule has 0 aromatic heterocycles. The van der Waals surface area contributed by atoms with Crippen molar-refractivity contribution < 1.29 is 14.6 Å². The molecule has 0 amide bonds. The first kappa shape index (κ1) is 11.9. The van der Waals surface area contributed by atoms with Gasteiger partial charge in [0.15, 0.2) is 5.79 Å². The van der Waals surface area contributed by atoms with Gasteiger partial charge in [0.05, 0.1) is 13.2 Å². The number of aliphatic hydroxyl groups excluding tert-OH is 1. The summed E-state index contributed by atoms with van der Waals surface area (Å²) in [6, 6.07) is 0. The van der Waals surface area contributed by atoms with Crippen molar-refractivity contribution in [3.05, 3.63) is 0 Å². The zero-order valence-electron chi connectivity index (χ0n) is 10.6. The van der Waals surface area contributed by atoms with Gasteiger partial charge in [0, 0.05) is 18.9 Å². The average molecular weight is 240 g/mol. The Hall–Kier alpha value is -0.120. The maximum absolute atomic E-state index is 9.49. The lowest BCUT2D eigenvalue weighted by molar-refractivity contribution is -0.189. The molecular formula is C14H24O3. The fraction of sp³-hybridized carbons (Fsp3) is 1.00. The lowest BCUT2D eigenvalue weighted by atomic mass is 9.88. The lowest BCUT2D eigenvalue weighted by Gasteiger charge is -2.31. The summed E-state index contributed by atoms with van der Waals surface area (Å²) >= 11 is 0. The molecule has 2 aliphatic carbocycles. The molecule has 98 valence electrons. The summed E-state index contributed by atoms with van der Waals surface area (Å²) in [4.78, 5) is 0. The molecule has 1 N–H and O–H groups in total. The van der Waals surface area contributed by atoms with Crippen LogP contribution in [-0.4, -0.2) is 30.7 Å². The first-order valence-corrected chi connectivity index (χ1v) is 7.23. The summed E-state index contributed by atoms with van der Waals surface area (Å²) in [5.74, 6) is 1.50. The summed E-state index contributed by atoms with van der Waals surface area (Å²) in [7, 11) is 0. The third-order valence-electron chi connectivity index (χ3n) is 4.83. The molecule has 3 fully saturated rings. The van der Waals surface area contributed by atoms with E-state index in [1.165, 1.54) is 32.1 Å². The Morgan fingerprint density at radius 3 is 2.47 bits per heavy atom. The monoisotopic (exact) mass is 240 g/mol. The van der Waals surface area contributed by atoms with Crippen LogP contribution in [0.15, 0.2) is 0 Å². The van der Waals surface area contributed by atoms with Crippen LogP contribution in [0.2, 0.25) is 0 Å². The standard InChI is InChI=1S/C14H24O3/c15-10-12-6-7-14(16-8-9-17-14)13(12)3-1-2-11-4-5-11/h11-13,15H,1-10H2. The molecule has 2 unspecified atom stereocenters. The molecule has 0 radical (unpaired) electrons. The van der Waals surface area contributed by atoms with Crippen LogP contribution in [0.25, 0.3) is 0 Å². The van der Waals surface area contributed by atoms with Gasteiger partial charge in [0.1, 0.15) is 0 Å². The fourth-order valence-corrected chi connectivity index (χ4v) is 3.67. The summed E-state index contributed by atoms with van der Waals surface area (Å²) in [6.45, 7) is 1.76. The second-order valence-corrected chi connectivity index (χ2v) is 5.97. The first-order valence-electron chi connectivity index (χ1n) is 7.23. The molecule has 3 nitrogen and oxygen atoms in total. The van der Waals surface area contributed by atoms with Crippen LogP contribution >= 0.6 is 0 Å². The van der Waals surface area contributed by atoms with Crippen molar-refractivity contribution in [2.24, 2.45) is 17.8 Å². The zero-order chi connectivity index (χ0) is 11.7. The number of ether oxygens (including phenoxy) is 2. The van der Waals surface area contributed by atoms with Crippen LogP contribution in [0.3, 0.4) is 0 Å². The van der Waals surface area contributed by atoms with Crippen LogP contribution in [0.4, 0.5) is 0 Å². The van der Waals surface area contributed by atoms with Gasteiger partial charge in [0.25, 0.3) is 0 Å². The van der Waals surface area contributed by atoms with Crippen LogP contribution < -0.4 is 0 Å². The average Bonchev–Trinajstić information content (AvgIpc) is 2.94. The van der Waals surface area contributed by atoms with Crippen molar-refractivity contribution in [1.29, 1.82) is 0 Å². The number of hydrogen-bond donors (Lipinski definition) is 1. The summed E-state index contributed by atoms with van der Waals surface area (Å²) in [5.41, 5.74) is 0. The second kappa shape index (κ2) is 4.87. The molecule has 1 saturated heterocycles. The minimum absolute atomic E-state index is 0.294. The molecular weight excluding hydrogens is 216 g/mol. The molecule has 0 aromatic carbocycles. The highest BCUT2D eigenvalue weighted by Gasteiger charge is 2.51. The van der Waals surface area contributed by atoms with Gasteiger partial charge >= 0.3 is 0 Å². The fourth-order valence-electron chi connectivity index (χ4n) is 3.67. The summed E-state index contributed by atoms with van der Waals surface area (Å²) < 4.78 is 11.8. The maximum Gasteiger partial charge on any atom is 0.171 e. The first-order chi connectivity index (χ1) is 8.34. The molecule has 0 bridgehead atoms. The summed E-state index contributed by atoms with van der Waals surface area (Å²) in [6.07, 6.45) is 8.72. The van der Waals surface area contributed by atoms with Gasteiger partial charge in [-0.2, -0.15) is 0 Å². The normalized spacial score (nSPS) is 35.8. The van der Waals surface area contributed by atoms with E-state index in [0.717, 1.165) is 32.0 Å². The highest BCUT2D eigenvalue weighted by molar-refractivity contribution is 4.94. The lowest BCUT2D eigenvalue weighted by Crippen LogP contribution is -2.37. The molecule has 0 aromatic rings. The van der Waals surface area contributed by atoms with Gasteiger partial charge in [-0.1, -0.05) is 25.7 Å². The number of hydrogen-bond acceptors (Lipinski definition) is 3. The van der Waals surface area contributed by atoms with Gasteiger partial charge in [-0.05, 0) is 24.7 Å². The van der Waals surface area contributed by atoms with E-state index in [2.05, 4.69) is 0 Å². The Morgan fingerprint density at radius 2 is 1.82 bits per heavy atom.